The second-order valence-electron chi connectivity index (χ2n) is 2.65. The third kappa shape index (κ3) is 3.64. The van der Waals surface area contributed by atoms with Crippen LogP contribution in [-0.2, 0) is 14.3 Å². The molecule has 0 saturated heterocycles. The van der Waals surface area contributed by atoms with Gasteiger partial charge in [0.15, 0.2) is 0 Å². The number of rotatable bonds is 5. The van der Waals surface area contributed by atoms with Gasteiger partial charge in [-0.1, -0.05) is 18.2 Å². The molecule has 1 rings (SSSR count). The van der Waals surface area contributed by atoms with Crippen LogP contribution in [0.3, 0.4) is 0 Å². The lowest BCUT2D eigenvalue weighted by Gasteiger charge is -2.02. The Labute approximate surface area is 86.8 Å². The van der Waals surface area contributed by atoms with Gasteiger partial charge in [-0.25, -0.2) is 0 Å². The van der Waals surface area contributed by atoms with E-state index in [4.69, 9.17) is 0 Å². The summed E-state index contributed by atoms with van der Waals surface area (Å²) in [4.78, 5) is 9.31. The van der Waals surface area contributed by atoms with E-state index in [9.17, 15) is 18.5 Å². The van der Waals surface area contributed by atoms with Crippen molar-refractivity contribution in [3.8, 4) is 0 Å². The van der Waals surface area contributed by atoms with Gasteiger partial charge in [0.25, 0.3) is 10.1 Å². The smallest absolute Gasteiger partial charge is 0.264 e. The molecular formula is C8H9NO5S. The van der Waals surface area contributed by atoms with Gasteiger partial charge in [0, 0.05) is 4.92 Å². The van der Waals surface area contributed by atoms with Crippen molar-refractivity contribution >= 4 is 10.1 Å². The van der Waals surface area contributed by atoms with Crippen molar-refractivity contribution in [3.05, 3.63) is 40.4 Å². The van der Waals surface area contributed by atoms with Crippen LogP contribution in [0, 0.1) is 10.1 Å². The highest BCUT2D eigenvalue weighted by atomic mass is 32.2. The van der Waals surface area contributed by atoms with E-state index in [1.165, 1.54) is 12.1 Å². The van der Waals surface area contributed by atoms with Crippen LogP contribution in [0.4, 0.5) is 0 Å². The highest BCUT2D eigenvalue weighted by Crippen LogP contribution is 2.10. The molecule has 0 aromatic heterocycles. The molecule has 0 unspecified atom stereocenters. The molecule has 6 nitrogen and oxygen atoms in total. The van der Waals surface area contributed by atoms with Gasteiger partial charge in [-0.05, 0) is 12.1 Å². The summed E-state index contributed by atoms with van der Waals surface area (Å²) in [6.45, 7) is -0.990. The zero-order chi connectivity index (χ0) is 11.3. The van der Waals surface area contributed by atoms with Crippen LogP contribution in [-0.4, -0.2) is 26.5 Å². The topological polar surface area (TPSA) is 86.5 Å². The van der Waals surface area contributed by atoms with Gasteiger partial charge >= 0.3 is 0 Å². The molecule has 1 aromatic carbocycles. The minimum atomic E-state index is -3.86. The molecule has 15 heavy (non-hydrogen) atoms. The SMILES string of the molecule is O=[N+]([O-])CCOS(=O)(=O)c1ccccc1. The summed E-state index contributed by atoms with van der Waals surface area (Å²) in [6, 6.07) is 7.48. The maximum atomic E-state index is 11.4. The average molecular weight is 231 g/mol. The fraction of sp³-hybridized carbons (Fsp3) is 0.250. The molecule has 0 fully saturated rings. The molecule has 1 aromatic rings. The van der Waals surface area contributed by atoms with Crippen LogP contribution < -0.4 is 0 Å². The molecule has 0 atom stereocenters. The Morgan fingerprint density at radius 3 is 2.40 bits per heavy atom. The summed E-state index contributed by atoms with van der Waals surface area (Å²) < 4.78 is 27.2. The van der Waals surface area contributed by atoms with Crippen LogP contribution in [0.5, 0.6) is 0 Å². The van der Waals surface area contributed by atoms with Crippen molar-refractivity contribution in [3.63, 3.8) is 0 Å². The van der Waals surface area contributed by atoms with E-state index in [0.717, 1.165) is 0 Å². The van der Waals surface area contributed by atoms with E-state index < -0.39 is 28.2 Å². The standard InChI is InChI=1S/C8H9NO5S/c10-9(11)6-7-14-15(12,13)8-4-2-1-3-5-8/h1-5H,6-7H2. The summed E-state index contributed by atoms with van der Waals surface area (Å²) >= 11 is 0. The zero-order valence-electron chi connectivity index (χ0n) is 7.70. The first-order valence-electron chi connectivity index (χ1n) is 4.08. The number of benzene rings is 1. The first-order chi connectivity index (χ1) is 7.02. The number of hydrogen-bond acceptors (Lipinski definition) is 5. The van der Waals surface area contributed by atoms with Gasteiger partial charge < -0.3 is 0 Å². The van der Waals surface area contributed by atoms with Gasteiger partial charge in [0.05, 0.1) is 4.90 Å². The van der Waals surface area contributed by atoms with Gasteiger partial charge in [-0.3, -0.25) is 14.3 Å². The number of hydrogen-bond donors (Lipinski definition) is 0. The normalized spacial score (nSPS) is 11.2. The Morgan fingerprint density at radius 1 is 1.27 bits per heavy atom. The summed E-state index contributed by atoms with van der Waals surface area (Å²) in [7, 11) is -3.86. The lowest BCUT2D eigenvalue weighted by atomic mass is 10.4. The van der Waals surface area contributed by atoms with Crippen LogP contribution in [0.1, 0.15) is 0 Å². The third-order valence-electron chi connectivity index (χ3n) is 1.54. The molecule has 7 heteroatoms. The van der Waals surface area contributed by atoms with E-state index in [2.05, 4.69) is 4.18 Å². The molecular weight excluding hydrogens is 222 g/mol. The Bertz CT molecular complexity index is 428. The Balaban J connectivity index is 2.65. The molecule has 0 aliphatic rings. The Hall–Kier alpha value is -1.47. The van der Waals surface area contributed by atoms with E-state index >= 15 is 0 Å². The van der Waals surface area contributed by atoms with Crippen molar-refractivity contribution in [2.75, 3.05) is 13.2 Å². The Morgan fingerprint density at radius 2 is 1.87 bits per heavy atom. The fourth-order valence-corrected chi connectivity index (χ4v) is 1.80. The molecule has 0 bridgehead atoms. The van der Waals surface area contributed by atoms with Crippen LogP contribution >= 0.6 is 0 Å². The predicted molar refractivity (Wildman–Crippen MR) is 51.4 cm³/mol. The first-order valence-corrected chi connectivity index (χ1v) is 5.49. The van der Waals surface area contributed by atoms with Gasteiger partial charge in [-0.2, -0.15) is 8.42 Å². The summed E-state index contributed by atoms with van der Waals surface area (Å²) in [5.74, 6) is 0. The summed E-state index contributed by atoms with van der Waals surface area (Å²) in [5.41, 5.74) is 0. The largest absolute Gasteiger partial charge is 0.297 e. The molecule has 0 N–H and O–H groups in total. The zero-order valence-corrected chi connectivity index (χ0v) is 8.51. The van der Waals surface area contributed by atoms with Gasteiger partial charge in [0.1, 0.15) is 6.61 Å². The molecule has 0 heterocycles. The minimum absolute atomic E-state index is 0.00616. The molecule has 0 aliphatic heterocycles. The van der Waals surface area contributed by atoms with E-state index in [1.54, 1.807) is 18.2 Å². The highest BCUT2D eigenvalue weighted by molar-refractivity contribution is 7.86. The molecule has 0 aliphatic carbocycles. The summed E-state index contributed by atoms with van der Waals surface area (Å²) in [6.07, 6.45) is 0. The van der Waals surface area contributed by atoms with Gasteiger partial charge in [0.2, 0.25) is 6.54 Å². The molecule has 0 saturated carbocycles. The number of nitrogens with zero attached hydrogens (tertiary/aromatic N) is 1. The second kappa shape index (κ2) is 4.85. The quantitative estimate of drug-likeness (QED) is 0.422. The van der Waals surface area contributed by atoms with E-state index in [-0.39, 0.29) is 4.90 Å². The monoisotopic (exact) mass is 231 g/mol. The predicted octanol–water partition coefficient (Wildman–Crippen LogP) is 0.669. The highest BCUT2D eigenvalue weighted by Gasteiger charge is 2.15. The summed E-state index contributed by atoms with van der Waals surface area (Å²) in [5, 5.41) is 9.95. The van der Waals surface area contributed by atoms with Crippen molar-refractivity contribution < 1.29 is 17.5 Å². The lowest BCUT2D eigenvalue weighted by molar-refractivity contribution is -0.481. The van der Waals surface area contributed by atoms with Crippen molar-refractivity contribution in [2.24, 2.45) is 0 Å². The third-order valence-corrected chi connectivity index (χ3v) is 2.87. The fourth-order valence-electron chi connectivity index (χ4n) is 0.877. The number of nitro groups is 1. The van der Waals surface area contributed by atoms with Gasteiger partial charge in [-0.15, -0.1) is 0 Å². The van der Waals surface area contributed by atoms with Crippen LogP contribution in [0.2, 0.25) is 0 Å². The molecule has 0 radical (unpaired) electrons. The van der Waals surface area contributed by atoms with Crippen molar-refractivity contribution in [2.45, 2.75) is 4.90 Å². The van der Waals surface area contributed by atoms with Crippen molar-refractivity contribution in [1.29, 1.82) is 0 Å². The van der Waals surface area contributed by atoms with Crippen molar-refractivity contribution in [1.82, 2.24) is 0 Å². The molecule has 0 spiro atoms. The maximum absolute atomic E-state index is 11.4. The molecule has 0 amide bonds. The average Bonchev–Trinajstić information content (AvgIpc) is 2.18. The van der Waals surface area contributed by atoms with Crippen LogP contribution in [0.25, 0.3) is 0 Å². The maximum Gasteiger partial charge on any atom is 0.297 e. The molecule has 82 valence electrons. The second-order valence-corrected chi connectivity index (χ2v) is 4.26. The van der Waals surface area contributed by atoms with E-state index in [0.29, 0.717) is 0 Å². The van der Waals surface area contributed by atoms with Crippen LogP contribution in [0.15, 0.2) is 35.2 Å². The minimum Gasteiger partial charge on any atom is -0.264 e. The first kappa shape index (κ1) is 11.6. The lowest BCUT2D eigenvalue weighted by Crippen LogP contribution is -2.14. The van der Waals surface area contributed by atoms with E-state index in [1.807, 2.05) is 0 Å². The Kier molecular flexibility index (Phi) is 3.75.